The molecular weight excluding hydrogens is 266 g/mol. The molecule has 1 N–H and O–H groups in total. The molecule has 0 saturated heterocycles. The molecule has 2 aromatic carbocycles. The van der Waals surface area contributed by atoms with Gasteiger partial charge in [-0.05, 0) is 36.4 Å². The van der Waals surface area contributed by atoms with Gasteiger partial charge in [-0.3, -0.25) is 0 Å². The number of rotatable bonds is 8. The Kier molecular flexibility index (Phi) is 6.48. The smallest absolute Gasteiger partial charge is 0.119 e. The van der Waals surface area contributed by atoms with Crippen LogP contribution in [0, 0.1) is 0 Å². The van der Waals surface area contributed by atoms with Gasteiger partial charge in [-0.1, -0.05) is 37.3 Å². The fraction of sp³-hybridized carbons (Fsp3) is 0.294. The highest BCUT2D eigenvalue weighted by Crippen LogP contribution is 2.17. The molecule has 0 atom stereocenters. The minimum absolute atomic E-state index is 0.728. The lowest BCUT2D eigenvalue weighted by Crippen LogP contribution is -2.11. The molecule has 20 heavy (non-hydrogen) atoms. The predicted molar refractivity (Wildman–Crippen MR) is 86.5 cm³/mol. The van der Waals surface area contributed by atoms with Gasteiger partial charge in [-0.25, -0.2) is 0 Å². The molecule has 2 aromatic rings. The highest BCUT2D eigenvalue weighted by Gasteiger charge is 1.97. The second kappa shape index (κ2) is 8.67. The van der Waals surface area contributed by atoms with Crippen molar-refractivity contribution in [1.82, 2.24) is 5.32 Å². The second-order valence-corrected chi connectivity index (χ2v) is 5.60. The van der Waals surface area contributed by atoms with Crippen LogP contribution in [0.3, 0.4) is 0 Å². The van der Waals surface area contributed by atoms with Gasteiger partial charge in [0.15, 0.2) is 0 Å². The third-order valence-corrected chi connectivity index (χ3v) is 3.84. The Labute approximate surface area is 125 Å². The van der Waals surface area contributed by atoms with E-state index >= 15 is 0 Å². The summed E-state index contributed by atoms with van der Waals surface area (Å²) in [7, 11) is 0. The fourth-order valence-electron chi connectivity index (χ4n) is 1.81. The molecule has 0 radical (unpaired) electrons. The number of benzene rings is 2. The van der Waals surface area contributed by atoms with Crippen molar-refractivity contribution in [1.29, 1.82) is 0 Å². The summed E-state index contributed by atoms with van der Waals surface area (Å²) in [6, 6.07) is 18.7. The first-order valence-electron chi connectivity index (χ1n) is 6.99. The average molecular weight is 287 g/mol. The Bertz CT molecular complexity index is 484. The molecule has 0 aliphatic rings. The van der Waals surface area contributed by atoms with Crippen LogP contribution in [0.5, 0.6) is 5.75 Å². The molecule has 0 fully saturated rings. The maximum absolute atomic E-state index is 5.75. The third-order valence-electron chi connectivity index (χ3n) is 2.87. The van der Waals surface area contributed by atoms with Crippen LogP contribution in [0.15, 0.2) is 59.5 Å². The summed E-state index contributed by atoms with van der Waals surface area (Å²) in [5.41, 5.74) is 1.29. The standard InChI is InChI=1S/C17H21NOS/c1-2-18-14-15-8-10-16(11-9-15)19-12-13-20-17-6-4-3-5-7-17/h3-11,18H,2,12-14H2,1H3. The van der Waals surface area contributed by atoms with Crippen LogP contribution in [0.25, 0.3) is 0 Å². The molecule has 0 saturated carbocycles. The number of ether oxygens (including phenoxy) is 1. The van der Waals surface area contributed by atoms with Gasteiger partial charge in [0.05, 0.1) is 6.61 Å². The molecule has 0 unspecified atom stereocenters. The number of hydrogen-bond acceptors (Lipinski definition) is 3. The highest BCUT2D eigenvalue weighted by molar-refractivity contribution is 7.99. The molecule has 0 heterocycles. The van der Waals surface area contributed by atoms with E-state index in [1.807, 2.05) is 30.0 Å². The first-order chi connectivity index (χ1) is 9.88. The van der Waals surface area contributed by atoms with Crippen molar-refractivity contribution >= 4 is 11.8 Å². The van der Waals surface area contributed by atoms with Gasteiger partial charge in [0, 0.05) is 17.2 Å². The summed E-state index contributed by atoms with van der Waals surface area (Å²) >= 11 is 1.82. The number of hydrogen-bond donors (Lipinski definition) is 1. The van der Waals surface area contributed by atoms with Gasteiger partial charge < -0.3 is 10.1 Å². The van der Waals surface area contributed by atoms with Gasteiger partial charge in [-0.2, -0.15) is 0 Å². The lowest BCUT2D eigenvalue weighted by atomic mass is 10.2. The summed E-state index contributed by atoms with van der Waals surface area (Å²) in [5.74, 6) is 1.90. The van der Waals surface area contributed by atoms with Gasteiger partial charge >= 0.3 is 0 Å². The lowest BCUT2D eigenvalue weighted by Gasteiger charge is -2.07. The van der Waals surface area contributed by atoms with Crippen LogP contribution in [0.4, 0.5) is 0 Å². The molecule has 2 nitrogen and oxygen atoms in total. The minimum atomic E-state index is 0.728. The van der Waals surface area contributed by atoms with Crippen molar-refractivity contribution in [2.24, 2.45) is 0 Å². The summed E-state index contributed by atoms with van der Waals surface area (Å²) in [5, 5.41) is 3.31. The molecule has 0 amide bonds. The Morgan fingerprint density at radius 3 is 2.45 bits per heavy atom. The van der Waals surface area contributed by atoms with Gasteiger partial charge in [-0.15, -0.1) is 11.8 Å². The van der Waals surface area contributed by atoms with Crippen molar-refractivity contribution in [2.75, 3.05) is 18.9 Å². The summed E-state index contributed by atoms with van der Waals surface area (Å²) in [4.78, 5) is 1.29. The monoisotopic (exact) mass is 287 g/mol. The molecule has 2 rings (SSSR count). The largest absolute Gasteiger partial charge is 0.493 e. The van der Waals surface area contributed by atoms with Gasteiger partial charge in [0.25, 0.3) is 0 Å². The topological polar surface area (TPSA) is 21.3 Å². The molecule has 3 heteroatoms. The Morgan fingerprint density at radius 2 is 1.75 bits per heavy atom. The van der Waals surface area contributed by atoms with Crippen LogP contribution in [-0.4, -0.2) is 18.9 Å². The molecule has 0 aliphatic heterocycles. The number of thioether (sulfide) groups is 1. The number of nitrogens with one attached hydrogen (secondary N) is 1. The van der Waals surface area contributed by atoms with E-state index in [0.29, 0.717) is 0 Å². The first-order valence-corrected chi connectivity index (χ1v) is 7.97. The Morgan fingerprint density at radius 1 is 1.00 bits per heavy atom. The van der Waals surface area contributed by atoms with Gasteiger partial charge in [0.2, 0.25) is 0 Å². The van der Waals surface area contributed by atoms with E-state index in [0.717, 1.165) is 31.2 Å². The first kappa shape index (κ1) is 14.9. The second-order valence-electron chi connectivity index (χ2n) is 4.43. The van der Waals surface area contributed by atoms with Gasteiger partial charge in [0.1, 0.15) is 5.75 Å². The summed E-state index contributed by atoms with van der Waals surface area (Å²) < 4.78 is 5.75. The van der Waals surface area contributed by atoms with Crippen molar-refractivity contribution < 1.29 is 4.74 Å². The SMILES string of the molecule is CCNCc1ccc(OCCSc2ccccc2)cc1. The van der Waals surface area contributed by atoms with E-state index < -0.39 is 0 Å². The molecular formula is C17H21NOS. The van der Waals surface area contributed by atoms with E-state index in [9.17, 15) is 0 Å². The van der Waals surface area contributed by atoms with Crippen LogP contribution < -0.4 is 10.1 Å². The van der Waals surface area contributed by atoms with Crippen molar-refractivity contribution in [2.45, 2.75) is 18.4 Å². The van der Waals surface area contributed by atoms with Crippen molar-refractivity contribution in [3.05, 3.63) is 60.2 Å². The zero-order valence-electron chi connectivity index (χ0n) is 11.8. The molecule has 0 aromatic heterocycles. The predicted octanol–water partition coefficient (Wildman–Crippen LogP) is 3.97. The zero-order chi connectivity index (χ0) is 14.0. The maximum atomic E-state index is 5.75. The Hall–Kier alpha value is -1.45. The van der Waals surface area contributed by atoms with Crippen LogP contribution in [-0.2, 0) is 6.54 Å². The van der Waals surface area contributed by atoms with E-state index in [1.165, 1.54) is 10.5 Å². The minimum Gasteiger partial charge on any atom is -0.493 e. The van der Waals surface area contributed by atoms with Crippen LogP contribution in [0.2, 0.25) is 0 Å². The maximum Gasteiger partial charge on any atom is 0.119 e. The zero-order valence-corrected chi connectivity index (χ0v) is 12.7. The van der Waals surface area contributed by atoms with Crippen LogP contribution >= 0.6 is 11.8 Å². The molecule has 106 valence electrons. The van der Waals surface area contributed by atoms with E-state index in [1.54, 1.807) is 0 Å². The molecule has 0 bridgehead atoms. The lowest BCUT2D eigenvalue weighted by molar-refractivity contribution is 0.344. The molecule has 0 spiro atoms. The third kappa shape index (κ3) is 5.27. The highest BCUT2D eigenvalue weighted by atomic mass is 32.2. The summed E-state index contributed by atoms with van der Waals surface area (Å²) in [6.45, 7) is 4.75. The van der Waals surface area contributed by atoms with E-state index in [-0.39, 0.29) is 0 Å². The quantitative estimate of drug-likeness (QED) is 0.586. The van der Waals surface area contributed by atoms with Crippen molar-refractivity contribution in [3.63, 3.8) is 0 Å². The molecule has 0 aliphatic carbocycles. The normalized spacial score (nSPS) is 10.4. The van der Waals surface area contributed by atoms with Crippen molar-refractivity contribution in [3.8, 4) is 5.75 Å². The fourth-order valence-corrected chi connectivity index (χ4v) is 2.56. The van der Waals surface area contributed by atoms with Crippen LogP contribution in [0.1, 0.15) is 12.5 Å². The summed E-state index contributed by atoms with van der Waals surface area (Å²) in [6.07, 6.45) is 0. The average Bonchev–Trinajstić information content (AvgIpc) is 2.52. The Balaban J connectivity index is 1.69. The van der Waals surface area contributed by atoms with E-state index in [4.69, 9.17) is 4.74 Å². The van der Waals surface area contributed by atoms with E-state index in [2.05, 4.69) is 48.6 Å².